The van der Waals surface area contributed by atoms with E-state index in [9.17, 15) is 0 Å². The maximum atomic E-state index is 8.59. The molecule has 0 amide bonds. The Balaban J connectivity index is 0.000000671. The quantitative estimate of drug-likeness (QED) is 0.583. The van der Waals surface area contributed by atoms with Gasteiger partial charge in [0.2, 0.25) is 0 Å². The van der Waals surface area contributed by atoms with Crippen molar-refractivity contribution in [3.63, 3.8) is 0 Å². The highest BCUT2D eigenvalue weighted by molar-refractivity contribution is 4.81. The van der Waals surface area contributed by atoms with Crippen molar-refractivity contribution < 1.29 is 0 Å². The highest BCUT2D eigenvalue weighted by atomic mass is 15.1. The van der Waals surface area contributed by atoms with Crippen molar-refractivity contribution in [2.24, 2.45) is 11.8 Å². The van der Waals surface area contributed by atoms with Crippen molar-refractivity contribution in [2.75, 3.05) is 13.1 Å². The Labute approximate surface area is 82.5 Å². The Hall–Kier alpha value is -0.710. The SMILES string of the molecule is CC.CC(C)C1CCN(C#N)CC1. The van der Waals surface area contributed by atoms with Crippen molar-refractivity contribution in [3.8, 4) is 6.19 Å². The Morgan fingerprint density at radius 3 is 2.00 bits per heavy atom. The van der Waals surface area contributed by atoms with Crippen molar-refractivity contribution >= 4 is 0 Å². The predicted octanol–water partition coefficient (Wildman–Crippen LogP) is 2.86. The molecule has 1 heterocycles. The van der Waals surface area contributed by atoms with E-state index in [-0.39, 0.29) is 0 Å². The van der Waals surface area contributed by atoms with Crippen LogP contribution in [0.4, 0.5) is 0 Å². The van der Waals surface area contributed by atoms with Gasteiger partial charge in [0, 0.05) is 13.1 Å². The number of hydrogen-bond donors (Lipinski definition) is 0. The maximum Gasteiger partial charge on any atom is 0.179 e. The lowest BCUT2D eigenvalue weighted by atomic mass is 9.87. The molecule has 0 unspecified atom stereocenters. The van der Waals surface area contributed by atoms with E-state index in [1.54, 1.807) is 0 Å². The van der Waals surface area contributed by atoms with Gasteiger partial charge in [-0.1, -0.05) is 27.7 Å². The Morgan fingerprint density at radius 2 is 1.69 bits per heavy atom. The maximum absolute atomic E-state index is 8.59. The first kappa shape index (κ1) is 12.3. The molecular formula is C11H22N2. The summed E-state index contributed by atoms with van der Waals surface area (Å²) in [6, 6.07) is 0. The van der Waals surface area contributed by atoms with Crippen LogP contribution in [0.15, 0.2) is 0 Å². The minimum absolute atomic E-state index is 0.788. The van der Waals surface area contributed by atoms with Gasteiger partial charge in [0.05, 0.1) is 0 Å². The van der Waals surface area contributed by atoms with Gasteiger partial charge in [0.15, 0.2) is 6.19 Å². The lowest BCUT2D eigenvalue weighted by molar-refractivity contribution is 0.209. The summed E-state index contributed by atoms with van der Waals surface area (Å²) in [5.74, 6) is 1.63. The van der Waals surface area contributed by atoms with E-state index >= 15 is 0 Å². The topological polar surface area (TPSA) is 27.0 Å². The van der Waals surface area contributed by atoms with E-state index in [0.29, 0.717) is 0 Å². The van der Waals surface area contributed by atoms with Gasteiger partial charge in [0.25, 0.3) is 0 Å². The molecule has 0 spiro atoms. The molecule has 0 saturated carbocycles. The van der Waals surface area contributed by atoms with Crippen LogP contribution >= 0.6 is 0 Å². The summed E-state index contributed by atoms with van der Waals surface area (Å²) in [5, 5.41) is 8.59. The number of rotatable bonds is 1. The molecule has 76 valence electrons. The fourth-order valence-electron chi connectivity index (χ4n) is 1.67. The van der Waals surface area contributed by atoms with Gasteiger partial charge < -0.3 is 4.90 Å². The molecule has 0 atom stereocenters. The summed E-state index contributed by atoms with van der Waals surface area (Å²) in [6.07, 6.45) is 4.60. The third-order valence-corrected chi connectivity index (χ3v) is 2.62. The second kappa shape index (κ2) is 6.77. The number of nitrogens with zero attached hydrogens (tertiary/aromatic N) is 2. The molecule has 1 fully saturated rings. The van der Waals surface area contributed by atoms with Gasteiger partial charge in [-0.25, -0.2) is 0 Å². The van der Waals surface area contributed by atoms with Crippen molar-refractivity contribution in [1.29, 1.82) is 5.26 Å². The summed E-state index contributed by atoms with van der Waals surface area (Å²) in [5.41, 5.74) is 0. The molecule has 1 saturated heterocycles. The molecule has 1 aliphatic heterocycles. The summed E-state index contributed by atoms with van der Waals surface area (Å²) in [6.45, 7) is 10.5. The predicted molar refractivity (Wildman–Crippen MR) is 56.1 cm³/mol. The zero-order chi connectivity index (χ0) is 10.3. The fourth-order valence-corrected chi connectivity index (χ4v) is 1.67. The first-order valence-electron chi connectivity index (χ1n) is 5.38. The van der Waals surface area contributed by atoms with Gasteiger partial charge in [-0.2, -0.15) is 5.26 Å². The zero-order valence-electron chi connectivity index (χ0n) is 9.38. The molecule has 0 aliphatic carbocycles. The molecule has 1 rings (SSSR count). The molecule has 0 aromatic heterocycles. The number of piperidine rings is 1. The fraction of sp³-hybridized carbons (Fsp3) is 0.909. The third kappa shape index (κ3) is 4.17. The Bertz CT molecular complexity index is 150. The lowest BCUT2D eigenvalue weighted by Crippen LogP contribution is -2.31. The van der Waals surface area contributed by atoms with Crippen LogP contribution in [0.1, 0.15) is 40.5 Å². The van der Waals surface area contributed by atoms with Crippen LogP contribution in [0.25, 0.3) is 0 Å². The largest absolute Gasteiger partial charge is 0.311 e. The van der Waals surface area contributed by atoms with Crippen molar-refractivity contribution in [3.05, 3.63) is 0 Å². The summed E-state index contributed by atoms with van der Waals surface area (Å²) in [7, 11) is 0. The average Bonchev–Trinajstić information content (AvgIpc) is 2.21. The molecule has 2 nitrogen and oxygen atoms in total. The molecule has 0 aromatic rings. The van der Waals surface area contributed by atoms with Crippen LogP contribution in [0, 0.1) is 23.3 Å². The van der Waals surface area contributed by atoms with Crippen LogP contribution in [0.2, 0.25) is 0 Å². The summed E-state index contributed by atoms with van der Waals surface area (Å²) >= 11 is 0. The normalized spacial score (nSPS) is 17.7. The van der Waals surface area contributed by atoms with Crippen LogP contribution < -0.4 is 0 Å². The van der Waals surface area contributed by atoms with Crippen LogP contribution in [0.5, 0.6) is 0 Å². The van der Waals surface area contributed by atoms with Gasteiger partial charge >= 0.3 is 0 Å². The first-order valence-corrected chi connectivity index (χ1v) is 5.38. The molecule has 13 heavy (non-hydrogen) atoms. The van der Waals surface area contributed by atoms with Gasteiger partial charge in [-0.05, 0) is 24.7 Å². The van der Waals surface area contributed by atoms with Crippen LogP contribution in [-0.2, 0) is 0 Å². The van der Waals surface area contributed by atoms with E-state index in [4.69, 9.17) is 5.26 Å². The smallest absolute Gasteiger partial charge is 0.179 e. The molecule has 0 aromatic carbocycles. The van der Waals surface area contributed by atoms with E-state index in [1.165, 1.54) is 12.8 Å². The molecule has 2 heteroatoms. The van der Waals surface area contributed by atoms with E-state index in [0.717, 1.165) is 24.9 Å². The van der Waals surface area contributed by atoms with Crippen molar-refractivity contribution in [1.82, 2.24) is 4.90 Å². The highest BCUT2D eigenvalue weighted by Crippen LogP contribution is 2.23. The van der Waals surface area contributed by atoms with E-state index < -0.39 is 0 Å². The Kier molecular flexibility index (Phi) is 6.40. The minimum atomic E-state index is 0.788. The van der Waals surface area contributed by atoms with Crippen LogP contribution in [0.3, 0.4) is 0 Å². The van der Waals surface area contributed by atoms with Gasteiger partial charge in [0.1, 0.15) is 0 Å². The average molecular weight is 182 g/mol. The first-order chi connectivity index (χ1) is 6.24. The van der Waals surface area contributed by atoms with Crippen LogP contribution in [-0.4, -0.2) is 18.0 Å². The Morgan fingerprint density at radius 1 is 1.23 bits per heavy atom. The second-order valence-corrected chi connectivity index (χ2v) is 3.67. The monoisotopic (exact) mass is 182 g/mol. The summed E-state index contributed by atoms with van der Waals surface area (Å²) in [4.78, 5) is 1.86. The number of nitriles is 1. The number of hydrogen-bond acceptors (Lipinski definition) is 2. The van der Waals surface area contributed by atoms with Gasteiger partial charge in [-0.3, -0.25) is 0 Å². The van der Waals surface area contributed by atoms with Crippen molar-refractivity contribution in [2.45, 2.75) is 40.5 Å². The molecular weight excluding hydrogens is 160 g/mol. The molecule has 0 radical (unpaired) electrons. The number of likely N-dealkylation sites (tertiary alicyclic amines) is 1. The molecule has 0 N–H and O–H groups in total. The second-order valence-electron chi connectivity index (χ2n) is 3.67. The molecule has 0 bridgehead atoms. The lowest BCUT2D eigenvalue weighted by Gasteiger charge is -2.30. The highest BCUT2D eigenvalue weighted by Gasteiger charge is 2.20. The minimum Gasteiger partial charge on any atom is -0.311 e. The van der Waals surface area contributed by atoms with Gasteiger partial charge in [-0.15, -0.1) is 0 Å². The molecule has 1 aliphatic rings. The van der Waals surface area contributed by atoms with E-state index in [1.807, 2.05) is 18.7 Å². The van der Waals surface area contributed by atoms with E-state index in [2.05, 4.69) is 20.0 Å². The summed E-state index contributed by atoms with van der Waals surface area (Å²) < 4.78 is 0. The zero-order valence-corrected chi connectivity index (χ0v) is 9.38. The third-order valence-electron chi connectivity index (χ3n) is 2.62. The standard InChI is InChI=1S/C9H16N2.C2H6/c1-8(2)9-3-5-11(7-10)6-4-9;1-2/h8-9H,3-6H2,1-2H3;1-2H3.